The van der Waals surface area contributed by atoms with Crippen LogP contribution in [0.2, 0.25) is 0 Å². The smallest absolute Gasteiger partial charge is 0.389 e. The monoisotopic (exact) mass is 545 g/mol. The zero-order valence-corrected chi connectivity index (χ0v) is 23.0. The van der Waals surface area contributed by atoms with Gasteiger partial charge in [-0.05, 0) is 65.4 Å². The van der Waals surface area contributed by atoms with E-state index in [0.717, 1.165) is 19.3 Å². The number of carbonyl (C=O) groups is 2. The van der Waals surface area contributed by atoms with Crippen LogP contribution in [-0.4, -0.2) is 91.5 Å². The van der Waals surface area contributed by atoms with Crippen molar-refractivity contribution in [1.82, 2.24) is 9.80 Å². The van der Waals surface area contributed by atoms with Crippen molar-refractivity contribution < 1.29 is 37.3 Å². The molecular weight excluding hydrogens is 503 g/mol. The average Bonchev–Trinajstić information content (AvgIpc) is 2.83. The molecule has 2 amide bonds. The van der Waals surface area contributed by atoms with Crippen LogP contribution in [0.5, 0.6) is 5.75 Å². The molecule has 1 aromatic carbocycles. The molecule has 38 heavy (non-hydrogen) atoms. The molecule has 0 unspecified atom stereocenters. The van der Waals surface area contributed by atoms with Gasteiger partial charge in [0.15, 0.2) is 0 Å². The van der Waals surface area contributed by atoms with Gasteiger partial charge in [-0.25, -0.2) is 0 Å². The maximum atomic E-state index is 13.9. The van der Waals surface area contributed by atoms with Crippen molar-refractivity contribution in [2.24, 2.45) is 5.92 Å². The Kier molecular flexibility index (Phi) is 12.3. The number of halogens is 3. The second-order valence-electron chi connectivity index (χ2n) is 10.4. The van der Waals surface area contributed by atoms with Crippen LogP contribution < -0.4 is 10.1 Å². The number of amides is 2. The van der Waals surface area contributed by atoms with Gasteiger partial charge in [-0.1, -0.05) is 6.92 Å². The number of hydrogen-bond acceptors (Lipinski definition) is 6. The van der Waals surface area contributed by atoms with E-state index < -0.39 is 36.9 Å². The number of alkyl halides is 3. The maximum absolute atomic E-state index is 13.9. The van der Waals surface area contributed by atoms with Crippen molar-refractivity contribution in [3.63, 3.8) is 0 Å². The van der Waals surface area contributed by atoms with Gasteiger partial charge in [-0.3, -0.25) is 9.59 Å². The first-order chi connectivity index (χ1) is 17.8. The Hall–Kier alpha value is -2.37. The quantitative estimate of drug-likeness (QED) is 0.530. The molecule has 0 radical (unpaired) electrons. The van der Waals surface area contributed by atoms with E-state index in [1.165, 1.54) is 12.1 Å². The molecule has 1 aliphatic heterocycles. The predicted molar refractivity (Wildman–Crippen MR) is 139 cm³/mol. The number of fused-ring (bicyclic) bond motifs is 1. The van der Waals surface area contributed by atoms with E-state index in [2.05, 4.69) is 5.32 Å². The largest absolute Gasteiger partial charge is 0.490 e. The SMILES string of the molecule is C[C@@H]1CN([C@H](C)CO)C(=O)c2cc(NC(=O)CCC(F)(F)F)ccc2O[C@@H](C)CCCCO[C@@H]1CN(C)C. The standard InChI is InChI=1S/C27H42F3N3O5/c1-18-15-33(19(2)17-34)26(36)22-14-21(31-25(35)11-12-27(28,29)30)9-10-23(22)38-20(3)8-6-7-13-37-24(18)16-32(4)5/h9-10,14,18-20,24,34H,6-8,11-13,15-17H2,1-5H3,(H,31,35)/t18-,19-,20+,24-/m1/s1. The zero-order chi connectivity index (χ0) is 28.5. The van der Waals surface area contributed by atoms with E-state index >= 15 is 0 Å². The van der Waals surface area contributed by atoms with Gasteiger partial charge < -0.3 is 29.7 Å². The Labute approximate surface area is 223 Å². The molecule has 2 rings (SSSR count). The first-order valence-electron chi connectivity index (χ1n) is 13.2. The summed E-state index contributed by atoms with van der Waals surface area (Å²) in [5.74, 6) is -0.959. The molecule has 8 nitrogen and oxygen atoms in total. The molecule has 0 saturated heterocycles. The molecule has 2 N–H and O–H groups in total. The summed E-state index contributed by atoms with van der Waals surface area (Å²) in [4.78, 5) is 29.6. The molecule has 11 heteroatoms. The maximum Gasteiger partial charge on any atom is 0.389 e. The van der Waals surface area contributed by atoms with Crippen LogP contribution in [0, 0.1) is 5.92 Å². The van der Waals surface area contributed by atoms with Crippen molar-refractivity contribution in [2.45, 2.75) is 77.3 Å². The number of nitrogens with zero attached hydrogens (tertiary/aromatic N) is 2. The summed E-state index contributed by atoms with van der Waals surface area (Å²) in [5, 5.41) is 12.4. The lowest BCUT2D eigenvalue weighted by Gasteiger charge is -2.35. The lowest BCUT2D eigenvalue weighted by Crippen LogP contribution is -2.47. The van der Waals surface area contributed by atoms with E-state index in [1.807, 2.05) is 32.8 Å². The van der Waals surface area contributed by atoms with Crippen molar-refractivity contribution in [1.29, 1.82) is 0 Å². The fraction of sp³-hybridized carbons (Fsp3) is 0.704. The summed E-state index contributed by atoms with van der Waals surface area (Å²) in [7, 11) is 3.92. The fourth-order valence-electron chi connectivity index (χ4n) is 4.30. The lowest BCUT2D eigenvalue weighted by atomic mass is 10.0. The number of hydrogen-bond donors (Lipinski definition) is 2. The molecule has 0 spiro atoms. The van der Waals surface area contributed by atoms with Gasteiger partial charge in [-0.2, -0.15) is 13.2 Å². The number of nitrogens with one attached hydrogen (secondary N) is 1. The third kappa shape index (κ3) is 10.4. The van der Waals surface area contributed by atoms with Gasteiger partial charge in [-0.15, -0.1) is 0 Å². The topological polar surface area (TPSA) is 91.3 Å². The molecule has 0 fully saturated rings. The number of likely N-dealkylation sites (N-methyl/N-ethyl adjacent to an activating group) is 1. The number of aliphatic hydroxyl groups is 1. The van der Waals surface area contributed by atoms with Crippen LogP contribution in [0.4, 0.5) is 18.9 Å². The highest BCUT2D eigenvalue weighted by atomic mass is 19.4. The Morgan fingerprint density at radius 2 is 1.97 bits per heavy atom. The van der Waals surface area contributed by atoms with Gasteiger partial charge in [0.1, 0.15) is 5.75 Å². The van der Waals surface area contributed by atoms with Crippen LogP contribution in [0.1, 0.15) is 63.2 Å². The minimum absolute atomic E-state index is 0.0631. The first kappa shape index (κ1) is 31.8. The van der Waals surface area contributed by atoms with E-state index in [-0.39, 0.29) is 36.0 Å². The predicted octanol–water partition coefficient (Wildman–Crippen LogP) is 4.32. The highest BCUT2D eigenvalue weighted by molar-refractivity contribution is 5.99. The third-order valence-electron chi connectivity index (χ3n) is 6.52. The number of anilines is 1. The Morgan fingerprint density at radius 1 is 1.26 bits per heavy atom. The summed E-state index contributed by atoms with van der Waals surface area (Å²) in [6.07, 6.45) is -4.29. The first-order valence-corrected chi connectivity index (χ1v) is 13.2. The number of rotatable bonds is 7. The van der Waals surface area contributed by atoms with E-state index in [4.69, 9.17) is 9.47 Å². The zero-order valence-electron chi connectivity index (χ0n) is 23.0. The summed E-state index contributed by atoms with van der Waals surface area (Å²) < 4.78 is 49.9. The molecule has 0 aliphatic carbocycles. The summed E-state index contributed by atoms with van der Waals surface area (Å²) in [5.41, 5.74) is 0.361. The molecule has 1 aliphatic rings. The molecule has 4 atom stereocenters. The second-order valence-corrected chi connectivity index (χ2v) is 10.4. The second kappa shape index (κ2) is 14.7. The highest BCUT2D eigenvalue weighted by Gasteiger charge is 2.31. The molecule has 0 bridgehead atoms. The van der Waals surface area contributed by atoms with Gasteiger partial charge >= 0.3 is 6.18 Å². The van der Waals surface area contributed by atoms with Gasteiger partial charge in [0.2, 0.25) is 5.91 Å². The summed E-state index contributed by atoms with van der Waals surface area (Å²) in [6, 6.07) is 3.97. The van der Waals surface area contributed by atoms with Crippen LogP contribution >= 0.6 is 0 Å². The number of aliphatic hydroxyl groups excluding tert-OH is 1. The van der Waals surface area contributed by atoms with Crippen LogP contribution in [0.3, 0.4) is 0 Å². The third-order valence-corrected chi connectivity index (χ3v) is 6.52. The van der Waals surface area contributed by atoms with Crippen molar-refractivity contribution >= 4 is 17.5 Å². The fourth-order valence-corrected chi connectivity index (χ4v) is 4.30. The van der Waals surface area contributed by atoms with Gasteiger partial charge in [0, 0.05) is 37.7 Å². The van der Waals surface area contributed by atoms with Crippen molar-refractivity contribution in [2.75, 3.05) is 45.7 Å². The van der Waals surface area contributed by atoms with E-state index in [0.29, 0.717) is 25.4 Å². The Morgan fingerprint density at radius 3 is 2.61 bits per heavy atom. The molecule has 1 aromatic rings. The van der Waals surface area contributed by atoms with Crippen LogP contribution in [0.15, 0.2) is 18.2 Å². The van der Waals surface area contributed by atoms with E-state index in [1.54, 1.807) is 17.9 Å². The van der Waals surface area contributed by atoms with Crippen LogP contribution in [-0.2, 0) is 9.53 Å². The molecule has 1 heterocycles. The molecule has 0 aromatic heterocycles. The normalized spacial score (nSPS) is 22.8. The van der Waals surface area contributed by atoms with Crippen LogP contribution in [0.25, 0.3) is 0 Å². The number of carbonyl (C=O) groups excluding carboxylic acids is 2. The molecule has 216 valence electrons. The Bertz CT molecular complexity index is 912. The van der Waals surface area contributed by atoms with Crippen molar-refractivity contribution in [3.05, 3.63) is 23.8 Å². The number of benzene rings is 1. The summed E-state index contributed by atoms with van der Waals surface area (Å²) >= 11 is 0. The Balaban J connectivity index is 2.43. The number of ether oxygens (including phenoxy) is 2. The molecular formula is C27H42F3N3O5. The molecule has 0 saturated carbocycles. The summed E-state index contributed by atoms with van der Waals surface area (Å²) in [6.45, 7) is 6.93. The van der Waals surface area contributed by atoms with Gasteiger partial charge in [0.05, 0.1) is 36.8 Å². The lowest BCUT2D eigenvalue weighted by molar-refractivity contribution is -0.142. The van der Waals surface area contributed by atoms with E-state index in [9.17, 15) is 27.9 Å². The van der Waals surface area contributed by atoms with Gasteiger partial charge in [0.25, 0.3) is 5.91 Å². The average molecular weight is 546 g/mol. The van der Waals surface area contributed by atoms with Crippen molar-refractivity contribution in [3.8, 4) is 5.75 Å². The minimum Gasteiger partial charge on any atom is -0.490 e. The highest BCUT2D eigenvalue weighted by Crippen LogP contribution is 2.29. The minimum atomic E-state index is -4.44.